The van der Waals surface area contributed by atoms with Gasteiger partial charge in [-0.1, -0.05) is 6.92 Å². The molecule has 1 aromatic rings. The Balaban J connectivity index is 1.93. The number of piperidine rings is 1. The van der Waals surface area contributed by atoms with E-state index in [9.17, 15) is 14.3 Å². The van der Waals surface area contributed by atoms with E-state index in [2.05, 4.69) is 0 Å². The number of amides is 1. The van der Waals surface area contributed by atoms with Crippen LogP contribution in [0.25, 0.3) is 0 Å². The molecule has 1 fully saturated rings. The number of aliphatic hydroxyl groups excluding tert-OH is 1. The van der Waals surface area contributed by atoms with Crippen LogP contribution < -0.4 is 4.74 Å². The van der Waals surface area contributed by atoms with Crippen molar-refractivity contribution in [2.75, 3.05) is 13.1 Å². The number of β-amino-alcohol motifs (C(OH)–C–C–N with tert-alkyl or cyclic N) is 1. The maximum Gasteiger partial charge on any atom is 0.263 e. The number of likely N-dealkylation sites (tertiary alicyclic amines) is 1. The summed E-state index contributed by atoms with van der Waals surface area (Å²) in [5, 5.41) is 9.82. The van der Waals surface area contributed by atoms with Crippen LogP contribution in [0.3, 0.4) is 0 Å². The molecule has 0 aliphatic carbocycles. The molecule has 1 heterocycles. The molecule has 1 aromatic carbocycles. The van der Waals surface area contributed by atoms with Gasteiger partial charge in [-0.3, -0.25) is 4.79 Å². The molecule has 20 heavy (non-hydrogen) atoms. The number of benzene rings is 1. The van der Waals surface area contributed by atoms with E-state index in [-0.39, 0.29) is 17.6 Å². The van der Waals surface area contributed by atoms with Crippen LogP contribution in [0.4, 0.5) is 4.39 Å². The van der Waals surface area contributed by atoms with E-state index in [0.29, 0.717) is 18.8 Å². The fourth-order valence-electron chi connectivity index (χ4n) is 2.27. The highest BCUT2D eigenvalue weighted by molar-refractivity contribution is 5.81. The smallest absolute Gasteiger partial charge is 0.263 e. The molecule has 1 aliphatic rings. The van der Waals surface area contributed by atoms with Gasteiger partial charge in [-0.15, -0.1) is 0 Å². The standard InChI is InChI=1S/C15H20FNO3/c1-10-7-8-17(9-14(10)18)15(19)11(2)20-13-5-3-12(16)4-6-13/h3-6,10-11,14,18H,7-9H2,1-2H3. The van der Waals surface area contributed by atoms with Gasteiger partial charge in [0, 0.05) is 13.1 Å². The Morgan fingerprint density at radius 3 is 2.70 bits per heavy atom. The van der Waals surface area contributed by atoms with Crippen LogP contribution >= 0.6 is 0 Å². The second kappa shape index (κ2) is 6.22. The molecule has 3 unspecified atom stereocenters. The third-order valence-corrected chi connectivity index (χ3v) is 3.70. The Bertz CT molecular complexity index is 463. The Kier molecular flexibility index (Phi) is 4.60. The number of nitrogens with zero attached hydrogens (tertiary/aromatic N) is 1. The van der Waals surface area contributed by atoms with E-state index in [1.807, 2.05) is 6.92 Å². The number of hydrogen-bond acceptors (Lipinski definition) is 3. The van der Waals surface area contributed by atoms with Gasteiger partial charge in [0.25, 0.3) is 5.91 Å². The van der Waals surface area contributed by atoms with Crippen LogP contribution in [0, 0.1) is 11.7 Å². The number of hydrogen-bond donors (Lipinski definition) is 1. The van der Waals surface area contributed by atoms with Crippen LogP contribution in [0.1, 0.15) is 20.3 Å². The second-order valence-electron chi connectivity index (χ2n) is 5.33. The fraction of sp³-hybridized carbons (Fsp3) is 0.533. The monoisotopic (exact) mass is 281 g/mol. The molecule has 1 amide bonds. The van der Waals surface area contributed by atoms with Crippen molar-refractivity contribution in [3.05, 3.63) is 30.1 Å². The lowest BCUT2D eigenvalue weighted by molar-refractivity contribution is -0.142. The fourth-order valence-corrected chi connectivity index (χ4v) is 2.27. The van der Waals surface area contributed by atoms with Gasteiger partial charge in [-0.2, -0.15) is 0 Å². The zero-order valence-corrected chi connectivity index (χ0v) is 11.8. The quantitative estimate of drug-likeness (QED) is 0.919. The third kappa shape index (κ3) is 3.48. The number of carbonyl (C=O) groups excluding carboxylic acids is 1. The molecule has 0 bridgehead atoms. The van der Waals surface area contributed by atoms with E-state index >= 15 is 0 Å². The van der Waals surface area contributed by atoms with Gasteiger partial charge >= 0.3 is 0 Å². The summed E-state index contributed by atoms with van der Waals surface area (Å²) in [5.41, 5.74) is 0. The number of rotatable bonds is 3. The lowest BCUT2D eigenvalue weighted by Crippen LogP contribution is -2.49. The van der Waals surface area contributed by atoms with E-state index in [1.54, 1.807) is 11.8 Å². The van der Waals surface area contributed by atoms with Crippen molar-refractivity contribution < 1.29 is 19.0 Å². The van der Waals surface area contributed by atoms with E-state index in [4.69, 9.17) is 4.74 Å². The van der Waals surface area contributed by atoms with Crippen molar-refractivity contribution in [1.29, 1.82) is 0 Å². The molecule has 5 heteroatoms. The Morgan fingerprint density at radius 2 is 2.10 bits per heavy atom. The van der Waals surface area contributed by atoms with Crippen LogP contribution in [-0.4, -0.2) is 41.2 Å². The molecule has 110 valence electrons. The molecule has 4 nitrogen and oxygen atoms in total. The van der Waals surface area contributed by atoms with Crippen LogP contribution in [0.5, 0.6) is 5.75 Å². The van der Waals surface area contributed by atoms with Gasteiger partial charge in [0.05, 0.1) is 6.10 Å². The minimum absolute atomic E-state index is 0.153. The van der Waals surface area contributed by atoms with Gasteiger partial charge in [0.1, 0.15) is 11.6 Å². The predicted octanol–water partition coefficient (Wildman–Crippen LogP) is 1.82. The molecular weight excluding hydrogens is 261 g/mol. The van der Waals surface area contributed by atoms with E-state index in [0.717, 1.165) is 6.42 Å². The first kappa shape index (κ1) is 14.8. The normalized spacial score (nSPS) is 24.3. The lowest BCUT2D eigenvalue weighted by atomic mass is 9.96. The van der Waals surface area contributed by atoms with Crippen LogP contribution in [0.2, 0.25) is 0 Å². The van der Waals surface area contributed by atoms with Crippen LogP contribution in [0.15, 0.2) is 24.3 Å². The highest BCUT2D eigenvalue weighted by Crippen LogP contribution is 2.19. The molecule has 0 spiro atoms. The predicted molar refractivity (Wildman–Crippen MR) is 72.9 cm³/mol. The Labute approximate surface area is 118 Å². The summed E-state index contributed by atoms with van der Waals surface area (Å²) in [6.07, 6.45) is -0.345. The Hall–Kier alpha value is -1.62. The van der Waals surface area contributed by atoms with E-state index < -0.39 is 12.2 Å². The molecule has 2 rings (SSSR count). The first-order valence-corrected chi connectivity index (χ1v) is 6.86. The lowest BCUT2D eigenvalue weighted by Gasteiger charge is -2.35. The molecule has 3 atom stereocenters. The summed E-state index contributed by atoms with van der Waals surface area (Å²) in [4.78, 5) is 13.9. The maximum atomic E-state index is 12.8. The van der Waals surface area contributed by atoms with Crippen molar-refractivity contribution in [2.45, 2.75) is 32.5 Å². The molecule has 0 saturated carbocycles. The van der Waals surface area contributed by atoms with Gasteiger partial charge in [-0.25, -0.2) is 4.39 Å². The first-order chi connectivity index (χ1) is 9.47. The summed E-state index contributed by atoms with van der Waals surface area (Å²) in [6, 6.07) is 5.57. The molecule has 0 radical (unpaired) electrons. The average Bonchev–Trinajstić information content (AvgIpc) is 2.43. The SMILES string of the molecule is CC(Oc1ccc(F)cc1)C(=O)N1CCC(C)C(O)C1. The summed E-state index contributed by atoms with van der Waals surface area (Å²) >= 11 is 0. The van der Waals surface area contributed by atoms with Crippen molar-refractivity contribution in [2.24, 2.45) is 5.92 Å². The van der Waals surface area contributed by atoms with Crippen molar-refractivity contribution in [3.63, 3.8) is 0 Å². The maximum absolute atomic E-state index is 12.8. The van der Waals surface area contributed by atoms with E-state index in [1.165, 1.54) is 24.3 Å². The zero-order valence-electron chi connectivity index (χ0n) is 11.8. The average molecular weight is 281 g/mol. The highest BCUT2D eigenvalue weighted by atomic mass is 19.1. The van der Waals surface area contributed by atoms with Crippen LogP contribution in [-0.2, 0) is 4.79 Å². The van der Waals surface area contributed by atoms with Gasteiger partial charge in [-0.05, 0) is 43.5 Å². The minimum atomic E-state index is -0.652. The summed E-state index contributed by atoms with van der Waals surface area (Å²) in [7, 11) is 0. The molecule has 1 saturated heterocycles. The summed E-state index contributed by atoms with van der Waals surface area (Å²) in [6.45, 7) is 4.62. The van der Waals surface area contributed by atoms with Gasteiger partial charge in [0.15, 0.2) is 6.10 Å². The molecule has 0 aromatic heterocycles. The molecular formula is C15H20FNO3. The van der Waals surface area contributed by atoms with Gasteiger partial charge in [0.2, 0.25) is 0 Å². The number of carbonyl (C=O) groups is 1. The topological polar surface area (TPSA) is 49.8 Å². The zero-order chi connectivity index (χ0) is 14.7. The highest BCUT2D eigenvalue weighted by Gasteiger charge is 2.30. The second-order valence-corrected chi connectivity index (χ2v) is 5.33. The Morgan fingerprint density at radius 1 is 1.45 bits per heavy atom. The third-order valence-electron chi connectivity index (χ3n) is 3.70. The largest absolute Gasteiger partial charge is 0.481 e. The van der Waals surface area contributed by atoms with Crippen molar-refractivity contribution in [3.8, 4) is 5.75 Å². The summed E-state index contributed by atoms with van der Waals surface area (Å²) < 4.78 is 18.3. The number of halogens is 1. The minimum Gasteiger partial charge on any atom is -0.481 e. The number of ether oxygens (including phenoxy) is 1. The summed E-state index contributed by atoms with van der Waals surface area (Å²) in [5.74, 6) is 0.176. The van der Waals surface area contributed by atoms with Crippen molar-refractivity contribution in [1.82, 2.24) is 4.90 Å². The number of aliphatic hydroxyl groups is 1. The van der Waals surface area contributed by atoms with Gasteiger partial charge < -0.3 is 14.7 Å². The molecule has 1 N–H and O–H groups in total. The van der Waals surface area contributed by atoms with Crippen molar-refractivity contribution >= 4 is 5.91 Å². The molecule has 1 aliphatic heterocycles. The first-order valence-electron chi connectivity index (χ1n) is 6.86.